The smallest absolute Gasteiger partial charge is 0.243 e. The average molecular weight is 465 g/mol. The molecule has 182 valence electrons. The Balaban J connectivity index is 1.80. The molecule has 0 spiro atoms. The molecule has 1 heterocycles. The van der Waals surface area contributed by atoms with Crippen LogP contribution in [0.25, 0.3) is 0 Å². The fourth-order valence-corrected chi connectivity index (χ4v) is 3.92. The summed E-state index contributed by atoms with van der Waals surface area (Å²) in [6, 6.07) is 17.6. The van der Waals surface area contributed by atoms with Crippen molar-refractivity contribution >= 4 is 17.6 Å². The van der Waals surface area contributed by atoms with Crippen molar-refractivity contribution < 1.29 is 19.1 Å². The van der Waals surface area contributed by atoms with Gasteiger partial charge in [0.25, 0.3) is 0 Å². The zero-order valence-electron chi connectivity index (χ0n) is 20.5. The van der Waals surface area contributed by atoms with E-state index in [1.165, 1.54) is 0 Å². The summed E-state index contributed by atoms with van der Waals surface area (Å²) in [7, 11) is 0. The number of carbonyl (C=O) groups excluding carboxylic acids is 3. The molecule has 5 atom stereocenters. The summed E-state index contributed by atoms with van der Waals surface area (Å²) in [4.78, 5) is 39.6. The van der Waals surface area contributed by atoms with E-state index in [-0.39, 0.29) is 29.4 Å². The fourth-order valence-electron chi connectivity index (χ4n) is 3.92. The van der Waals surface area contributed by atoms with Crippen LogP contribution in [0.3, 0.4) is 0 Å². The molecule has 1 saturated heterocycles. The first-order valence-electron chi connectivity index (χ1n) is 12.1. The highest BCUT2D eigenvalue weighted by atomic mass is 16.6. The molecule has 0 radical (unpaired) electrons. The molecule has 2 amide bonds. The van der Waals surface area contributed by atoms with Gasteiger partial charge in [-0.25, -0.2) is 0 Å². The number of ketones is 1. The number of amides is 2. The van der Waals surface area contributed by atoms with Gasteiger partial charge in [0.15, 0.2) is 5.78 Å². The minimum Gasteiger partial charge on any atom is -0.361 e. The Kier molecular flexibility index (Phi) is 8.61. The minimum atomic E-state index is -0.865. The topological polar surface area (TPSA) is 87.8 Å². The van der Waals surface area contributed by atoms with Crippen molar-refractivity contribution in [2.45, 2.75) is 64.6 Å². The molecule has 1 aliphatic rings. The van der Waals surface area contributed by atoms with Crippen LogP contribution in [0, 0.1) is 11.8 Å². The number of epoxide rings is 1. The van der Waals surface area contributed by atoms with Crippen LogP contribution < -0.4 is 10.6 Å². The Morgan fingerprint density at radius 1 is 0.853 bits per heavy atom. The Labute approximate surface area is 202 Å². The van der Waals surface area contributed by atoms with Crippen LogP contribution >= 0.6 is 0 Å². The Morgan fingerprint density at radius 2 is 1.32 bits per heavy atom. The highest BCUT2D eigenvalue weighted by Gasteiger charge is 2.50. The first-order chi connectivity index (χ1) is 16.2. The molecule has 2 N–H and O–H groups in total. The molecule has 0 aliphatic carbocycles. The Hall–Kier alpha value is -2.99. The van der Waals surface area contributed by atoms with Crippen molar-refractivity contribution in [2.75, 3.05) is 6.61 Å². The average Bonchev–Trinajstić information content (AvgIpc) is 3.61. The van der Waals surface area contributed by atoms with E-state index in [2.05, 4.69) is 10.6 Å². The Bertz CT molecular complexity index is 972. The van der Waals surface area contributed by atoms with Crippen LogP contribution in [0.15, 0.2) is 60.7 Å². The lowest BCUT2D eigenvalue weighted by Crippen LogP contribution is -2.55. The van der Waals surface area contributed by atoms with Crippen LogP contribution in [0.4, 0.5) is 0 Å². The second-order valence-corrected chi connectivity index (χ2v) is 9.56. The van der Waals surface area contributed by atoms with Crippen molar-refractivity contribution in [3.8, 4) is 0 Å². The summed E-state index contributed by atoms with van der Waals surface area (Å²) < 4.78 is 5.38. The number of hydrogen-bond donors (Lipinski definition) is 2. The largest absolute Gasteiger partial charge is 0.361 e. The van der Waals surface area contributed by atoms with Crippen molar-refractivity contribution in [3.05, 3.63) is 71.8 Å². The standard InChI is InChI=1S/C28H36N2O4/c1-5-19(2)20(3)26(32)30-24(17-22-14-10-7-11-15-22)27(33)29-23(25(31)28(4)18-34-28)16-21-12-8-6-9-13-21/h6-15,19-20,23-24H,5,16-18H2,1-4H3,(H,29,33)(H,30,32)/t19?,20-,23?,24+,28?/m1/s1. The van der Waals surface area contributed by atoms with Gasteiger partial charge in [-0.1, -0.05) is 87.9 Å². The van der Waals surface area contributed by atoms with E-state index in [1.807, 2.05) is 81.4 Å². The fraction of sp³-hybridized carbons (Fsp3) is 0.464. The van der Waals surface area contributed by atoms with Crippen LogP contribution in [-0.4, -0.2) is 41.9 Å². The monoisotopic (exact) mass is 464 g/mol. The summed E-state index contributed by atoms with van der Waals surface area (Å²) in [6.45, 7) is 8.05. The molecule has 1 fully saturated rings. The third kappa shape index (κ3) is 6.76. The summed E-state index contributed by atoms with van der Waals surface area (Å²) in [5.74, 6) is -0.709. The first-order valence-corrected chi connectivity index (χ1v) is 12.1. The number of benzene rings is 2. The van der Waals surface area contributed by atoms with E-state index in [0.717, 1.165) is 17.5 Å². The highest BCUT2D eigenvalue weighted by molar-refractivity contribution is 5.98. The molecule has 0 saturated carbocycles. The van der Waals surface area contributed by atoms with Crippen LogP contribution in [0.1, 0.15) is 45.2 Å². The van der Waals surface area contributed by atoms with Crippen LogP contribution in [-0.2, 0) is 32.0 Å². The molecule has 6 nitrogen and oxygen atoms in total. The Morgan fingerprint density at radius 3 is 1.79 bits per heavy atom. The van der Waals surface area contributed by atoms with Gasteiger partial charge in [0, 0.05) is 12.3 Å². The third-order valence-electron chi connectivity index (χ3n) is 6.84. The van der Waals surface area contributed by atoms with Gasteiger partial charge in [-0.15, -0.1) is 0 Å². The van der Waals surface area contributed by atoms with Gasteiger partial charge in [0.05, 0.1) is 12.6 Å². The maximum absolute atomic E-state index is 13.5. The lowest BCUT2D eigenvalue weighted by Gasteiger charge is -2.26. The van der Waals surface area contributed by atoms with Gasteiger partial charge in [0.1, 0.15) is 11.6 Å². The van der Waals surface area contributed by atoms with Gasteiger partial charge in [-0.3, -0.25) is 14.4 Å². The van der Waals surface area contributed by atoms with Crippen LogP contribution in [0.2, 0.25) is 0 Å². The van der Waals surface area contributed by atoms with Gasteiger partial charge in [-0.2, -0.15) is 0 Å². The highest BCUT2D eigenvalue weighted by Crippen LogP contribution is 2.29. The summed E-state index contributed by atoms with van der Waals surface area (Å²) in [6.07, 6.45) is 1.57. The number of nitrogens with one attached hydrogen (secondary N) is 2. The number of rotatable bonds is 12. The normalized spacial score (nSPS) is 20.5. The number of hydrogen-bond acceptors (Lipinski definition) is 4. The molecule has 34 heavy (non-hydrogen) atoms. The van der Waals surface area contributed by atoms with Crippen molar-refractivity contribution in [2.24, 2.45) is 11.8 Å². The van der Waals surface area contributed by atoms with E-state index in [1.54, 1.807) is 6.92 Å². The van der Waals surface area contributed by atoms with E-state index < -0.39 is 17.7 Å². The zero-order valence-corrected chi connectivity index (χ0v) is 20.5. The predicted molar refractivity (Wildman–Crippen MR) is 132 cm³/mol. The summed E-state index contributed by atoms with van der Waals surface area (Å²) in [5.41, 5.74) is 1.01. The molecule has 1 aliphatic heterocycles. The molecule has 0 aromatic heterocycles. The lowest BCUT2D eigenvalue weighted by molar-refractivity contribution is -0.134. The van der Waals surface area contributed by atoms with Gasteiger partial charge in [0.2, 0.25) is 11.8 Å². The maximum Gasteiger partial charge on any atom is 0.243 e. The molecule has 3 rings (SSSR count). The minimum absolute atomic E-state index is 0.150. The zero-order chi connectivity index (χ0) is 24.7. The lowest BCUT2D eigenvalue weighted by atomic mass is 9.92. The van der Waals surface area contributed by atoms with E-state index in [9.17, 15) is 14.4 Å². The van der Waals surface area contributed by atoms with Crippen molar-refractivity contribution in [1.82, 2.24) is 10.6 Å². The maximum atomic E-state index is 13.5. The molecule has 3 unspecified atom stereocenters. The number of ether oxygens (including phenoxy) is 1. The number of Topliss-reactive ketones (excluding diaryl/α,β-unsaturated/α-hetero) is 1. The molecule has 6 heteroatoms. The molecule has 0 bridgehead atoms. The van der Waals surface area contributed by atoms with Gasteiger partial charge < -0.3 is 15.4 Å². The molecular weight excluding hydrogens is 428 g/mol. The van der Waals surface area contributed by atoms with Crippen LogP contribution in [0.5, 0.6) is 0 Å². The SMILES string of the molecule is CCC(C)[C@@H](C)C(=O)N[C@@H](Cc1ccccc1)C(=O)NC(Cc1ccccc1)C(=O)C1(C)CO1. The van der Waals surface area contributed by atoms with Crippen molar-refractivity contribution in [1.29, 1.82) is 0 Å². The summed E-state index contributed by atoms with van der Waals surface area (Å²) in [5, 5.41) is 5.89. The second kappa shape index (κ2) is 11.4. The van der Waals surface area contributed by atoms with Crippen molar-refractivity contribution in [3.63, 3.8) is 0 Å². The van der Waals surface area contributed by atoms with E-state index in [0.29, 0.717) is 19.4 Å². The number of carbonyl (C=O) groups is 3. The van der Waals surface area contributed by atoms with E-state index >= 15 is 0 Å². The molecule has 2 aromatic carbocycles. The second-order valence-electron chi connectivity index (χ2n) is 9.56. The quantitative estimate of drug-likeness (QED) is 0.471. The van der Waals surface area contributed by atoms with Gasteiger partial charge >= 0.3 is 0 Å². The van der Waals surface area contributed by atoms with Gasteiger partial charge in [-0.05, 0) is 30.4 Å². The predicted octanol–water partition coefficient (Wildman–Crippen LogP) is 3.48. The molecular formula is C28H36N2O4. The third-order valence-corrected chi connectivity index (χ3v) is 6.84. The first kappa shape index (κ1) is 25.6. The molecule has 2 aromatic rings. The van der Waals surface area contributed by atoms with E-state index in [4.69, 9.17) is 4.74 Å². The summed E-state index contributed by atoms with van der Waals surface area (Å²) >= 11 is 0.